The van der Waals surface area contributed by atoms with Crippen LogP contribution in [-0.4, -0.2) is 33.8 Å². The van der Waals surface area contributed by atoms with Crippen molar-refractivity contribution in [2.24, 2.45) is 11.1 Å². The van der Waals surface area contributed by atoms with Gasteiger partial charge in [-0.05, 0) is 72.9 Å². The number of methoxy groups -OCH3 is 1. The average Bonchev–Trinajstić information content (AvgIpc) is 3.52. The van der Waals surface area contributed by atoms with E-state index in [9.17, 15) is 14.8 Å². The summed E-state index contributed by atoms with van der Waals surface area (Å²) < 4.78 is 11.9. The number of nitrogens with one attached hydrogen (secondary N) is 1. The van der Waals surface area contributed by atoms with Gasteiger partial charge in [-0.25, -0.2) is 14.8 Å². The van der Waals surface area contributed by atoms with Crippen molar-refractivity contribution >= 4 is 17.6 Å². The molecule has 214 valence electrons. The Balaban J connectivity index is 1.60. The minimum Gasteiger partial charge on any atom is -0.512 e. The summed E-state index contributed by atoms with van der Waals surface area (Å²) in [6.07, 6.45) is 13.4. The van der Waals surface area contributed by atoms with Crippen LogP contribution in [0.15, 0.2) is 58.9 Å². The van der Waals surface area contributed by atoms with E-state index in [2.05, 4.69) is 27.4 Å². The zero-order valence-corrected chi connectivity index (χ0v) is 23.7. The number of nitroso groups, excluding NO2 is 1. The third-order valence-electron chi connectivity index (χ3n) is 8.12. The van der Waals surface area contributed by atoms with Gasteiger partial charge in [0.2, 0.25) is 5.95 Å². The molecule has 0 amide bonds. The van der Waals surface area contributed by atoms with Crippen LogP contribution < -0.4 is 10.1 Å². The second kappa shape index (κ2) is 13.5. The van der Waals surface area contributed by atoms with E-state index >= 15 is 0 Å². The molecule has 1 aromatic carbocycles. The molecule has 1 aliphatic carbocycles. The van der Waals surface area contributed by atoms with Gasteiger partial charge in [0.25, 0.3) is 0 Å². The Morgan fingerprint density at radius 3 is 2.60 bits per heavy atom. The number of hydrogen-bond donors (Lipinski definition) is 2. The second-order valence-electron chi connectivity index (χ2n) is 10.7. The van der Waals surface area contributed by atoms with Crippen molar-refractivity contribution in [3.05, 3.63) is 69.7 Å². The van der Waals surface area contributed by atoms with E-state index in [-0.39, 0.29) is 30.1 Å². The Kier molecular flexibility index (Phi) is 9.90. The van der Waals surface area contributed by atoms with E-state index in [0.717, 1.165) is 55.3 Å². The Morgan fingerprint density at radius 2 is 1.98 bits per heavy atom. The molecule has 1 aromatic heterocycles. The number of anilines is 1. The Labute approximate surface area is 236 Å². The quantitative estimate of drug-likeness (QED) is 0.198. The number of carbonyl (C=O) groups excluding carboxylic acids is 1. The Bertz CT molecular complexity index is 1250. The number of carbonyl (C=O) groups is 1. The SMILES string of the molecule is CCC/C=C(\CC1=C(O)CC(CCc2cc(CC)c(N=O)cc2OC)(C2CCCC2)OC1=O)Nc1ncccn1. The number of nitrogens with zero attached hydrogens (tertiary/aromatic N) is 3. The van der Waals surface area contributed by atoms with Gasteiger partial charge < -0.3 is 19.9 Å². The number of unbranched alkanes of at least 4 members (excludes halogenated alkanes) is 1. The number of aliphatic hydroxyl groups excluding tert-OH is 1. The number of cyclic esters (lactones) is 1. The van der Waals surface area contributed by atoms with E-state index in [0.29, 0.717) is 36.6 Å². The van der Waals surface area contributed by atoms with Crippen LogP contribution >= 0.6 is 0 Å². The summed E-state index contributed by atoms with van der Waals surface area (Å²) in [5.41, 5.74) is 2.39. The van der Waals surface area contributed by atoms with Crippen LogP contribution in [0.25, 0.3) is 0 Å². The molecule has 2 aliphatic rings. The van der Waals surface area contributed by atoms with E-state index < -0.39 is 11.6 Å². The van der Waals surface area contributed by atoms with Crippen molar-refractivity contribution in [3.8, 4) is 5.75 Å². The smallest absolute Gasteiger partial charge is 0.338 e. The van der Waals surface area contributed by atoms with Gasteiger partial charge in [-0.1, -0.05) is 39.2 Å². The number of allylic oxidation sites excluding steroid dienone is 2. The number of benzene rings is 1. The first-order valence-corrected chi connectivity index (χ1v) is 14.3. The molecule has 1 aliphatic heterocycles. The minimum absolute atomic E-state index is 0.0862. The van der Waals surface area contributed by atoms with Crippen LogP contribution in [0, 0.1) is 10.8 Å². The first kappa shape index (κ1) is 29.2. The van der Waals surface area contributed by atoms with Gasteiger partial charge in [0.05, 0.1) is 12.7 Å². The van der Waals surface area contributed by atoms with Gasteiger partial charge in [0.15, 0.2) is 0 Å². The van der Waals surface area contributed by atoms with Gasteiger partial charge in [-0.15, -0.1) is 4.91 Å². The van der Waals surface area contributed by atoms with Crippen molar-refractivity contribution < 1.29 is 19.4 Å². The fourth-order valence-electron chi connectivity index (χ4n) is 5.94. The molecule has 40 heavy (non-hydrogen) atoms. The summed E-state index contributed by atoms with van der Waals surface area (Å²) in [6.45, 7) is 4.06. The number of ether oxygens (including phenoxy) is 2. The Hall–Kier alpha value is -3.75. The van der Waals surface area contributed by atoms with Gasteiger partial charge in [-0.3, -0.25) is 0 Å². The molecule has 0 bridgehead atoms. The van der Waals surface area contributed by atoms with Crippen molar-refractivity contribution in [3.63, 3.8) is 0 Å². The van der Waals surface area contributed by atoms with Gasteiger partial charge in [0.1, 0.15) is 22.8 Å². The van der Waals surface area contributed by atoms with E-state index in [1.165, 1.54) is 0 Å². The number of esters is 1. The zero-order chi connectivity index (χ0) is 28.5. The highest BCUT2D eigenvalue weighted by Gasteiger charge is 2.48. The van der Waals surface area contributed by atoms with E-state index in [1.807, 2.05) is 19.1 Å². The summed E-state index contributed by atoms with van der Waals surface area (Å²) in [7, 11) is 1.57. The maximum Gasteiger partial charge on any atom is 0.338 e. The highest BCUT2D eigenvalue weighted by atomic mass is 16.6. The zero-order valence-electron chi connectivity index (χ0n) is 23.7. The van der Waals surface area contributed by atoms with E-state index in [4.69, 9.17) is 9.47 Å². The third-order valence-corrected chi connectivity index (χ3v) is 8.12. The standard InChI is InChI=1S/C31H40N4O5/c1-4-6-12-24(34-30-32-15-9-16-33-30)18-25-27(36)20-31(40-29(25)37,23-10-7-8-11-23)14-13-22-17-21(5-2)26(35-38)19-28(22)39-3/h9,12,15-17,19,23,36H,4-8,10-11,13-14,18,20H2,1-3H3,(H,32,33,34)/b24-12+. The highest BCUT2D eigenvalue weighted by Crippen LogP contribution is 2.47. The van der Waals surface area contributed by atoms with E-state index in [1.54, 1.807) is 31.6 Å². The summed E-state index contributed by atoms with van der Waals surface area (Å²) >= 11 is 0. The molecular formula is C31H40N4O5. The van der Waals surface area contributed by atoms with Crippen LogP contribution in [0.1, 0.15) is 82.8 Å². The predicted molar refractivity (Wildman–Crippen MR) is 154 cm³/mol. The van der Waals surface area contributed by atoms with Crippen molar-refractivity contribution in [2.75, 3.05) is 12.4 Å². The van der Waals surface area contributed by atoms with Crippen molar-refractivity contribution in [1.82, 2.24) is 9.97 Å². The summed E-state index contributed by atoms with van der Waals surface area (Å²) in [6, 6.07) is 5.38. The highest BCUT2D eigenvalue weighted by molar-refractivity contribution is 5.91. The normalized spacial score (nSPS) is 20.0. The summed E-state index contributed by atoms with van der Waals surface area (Å²) in [5, 5.41) is 17.7. The molecule has 2 N–H and O–H groups in total. The number of aliphatic hydroxyl groups is 1. The topological polar surface area (TPSA) is 123 Å². The number of hydrogen-bond acceptors (Lipinski definition) is 9. The molecule has 9 heteroatoms. The van der Waals surface area contributed by atoms with Crippen LogP contribution in [0.3, 0.4) is 0 Å². The van der Waals surface area contributed by atoms with Crippen LogP contribution in [-0.2, 0) is 22.4 Å². The Morgan fingerprint density at radius 1 is 1.23 bits per heavy atom. The monoisotopic (exact) mass is 548 g/mol. The average molecular weight is 549 g/mol. The number of aryl methyl sites for hydroxylation is 2. The van der Waals surface area contributed by atoms with Gasteiger partial charge in [0, 0.05) is 37.0 Å². The third kappa shape index (κ3) is 6.69. The lowest BCUT2D eigenvalue weighted by Crippen LogP contribution is -2.46. The van der Waals surface area contributed by atoms with Crippen LogP contribution in [0.5, 0.6) is 5.75 Å². The first-order valence-electron chi connectivity index (χ1n) is 14.3. The molecule has 4 rings (SSSR count). The molecule has 1 unspecified atom stereocenters. The number of rotatable bonds is 13. The lowest BCUT2D eigenvalue weighted by atomic mass is 9.76. The van der Waals surface area contributed by atoms with Crippen LogP contribution in [0.2, 0.25) is 0 Å². The molecule has 0 saturated heterocycles. The van der Waals surface area contributed by atoms with Gasteiger partial charge in [-0.2, -0.15) is 0 Å². The molecule has 1 saturated carbocycles. The van der Waals surface area contributed by atoms with Gasteiger partial charge >= 0.3 is 5.97 Å². The maximum absolute atomic E-state index is 13.6. The predicted octanol–water partition coefficient (Wildman–Crippen LogP) is 7.25. The summed E-state index contributed by atoms with van der Waals surface area (Å²) in [5.74, 6) is 0.804. The lowest BCUT2D eigenvalue weighted by Gasteiger charge is -2.42. The van der Waals surface area contributed by atoms with Crippen LogP contribution in [0.4, 0.5) is 11.6 Å². The molecule has 9 nitrogen and oxygen atoms in total. The largest absolute Gasteiger partial charge is 0.512 e. The molecular weight excluding hydrogens is 508 g/mol. The fraction of sp³-hybridized carbons (Fsp3) is 0.516. The summed E-state index contributed by atoms with van der Waals surface area (Å²) in [4.78, 5) is 33.3. The molecule has 1 atom stereocenters. The first-order chi connectivity index (χ1) is 19.4. The lowest BCUT2D eigenvalue weighted by molar-refractivity contribution is -0.167. The fourth-order valence-corrected chi connectivity index (χ4v) is 5.94. The molecule has 0 radical (unpaired) electrons. The molecule has 2 aromatic rings. The minimum atomic E-state index is -0.802. The molecule has 1 fully saturated rings. The van der Waals surface area contributed by atoms with Crippen molar-refractivity contribution in [1.29, 1.82) is 0 Å². The molecule has 2 heterocycles. The van der Waals surface area contributed by atoms with Crippen molar-refractivity contribution in [2.45, 2.75) is 90.1 Å². The maximum atomic E-state index is 13.6. The molecule has 0 spiro atoms. The number of aromatic nitrogens is 2. The second-order valence-corrected chi connectivity index (χ2v) is 10.7.